The third kappa shape index (κ3) is 5.45. The zero-order valence-corrected chi connectivity index (χ0v) is 10.4. The molecule has 1 aromatic carbocycles. The molecule has 0 saturated heterocycles. The van der Waals surface area contributed by atoms with Crippen LogP contribution in [-0.4, -0.2) is 11.9 Å². The molecular formula is C15H20O2. The van der Waals surface area contributed by atoms with Gasteiger partial charge in [0.15, 0.2) is 5.78 Å². The Balaban J connectivity index is 2.39. The van der Waals surface area contributed by atoms with Crippen LogP contribution < -0.4 is 0 Å². The van der Waals surface area contributed by atoms with Gasteiger partial charge in [0.25, 0.3) is 0 Å². The molecule has 2 heteroatoms. The minimum absolute atomic E-state index is 0.102. The van der Waals surface area contributed by atoms with Crippen molar-refractivity contribution in [3.8, 4) is 0 Å². The minimum atomic E-state index is -0.282. The summed E-state index contributed by atoms with van der Waals surface area (Å²) in [5, 5.41) is 0. The van der Waals surface area contributed by atoms with Gasteiger partial charge in [-0.05, 0) is 31.7 Å². The Kier molecular flexibility index (Phi) is 6.26. The van der Waals surface area contributed by atoms with E-state index in [0.717, 1.165) is 24.8 Å². The Morgan fingerprint density at radius 1 is 1.41 bits per heavy atom. The molecule has 17 heavy (non-hydrogen) atoms. The van der Waals surface area contributed by atoms with Gasteiger partial charge in [-0.1, -0.05) is 36.4 Å². The lowest BCUT2D eigenvalue weighted by Crippen LogP contribution is -2.21. The lowest BCUT2D eigenvalue weighted by atomic mass is 10.1. The summed E-state index contributed by atoms with van der Waals surface area (Å²) in [6.07, 6.45) is 4.24. The zero-order chi connectivity index (χ0) is 12.5. The molecule has 0 saturated carbocycles. The van der Waals surface area contributed by atoms with Gasteiger partial charge in [0.2, 0.25) is 0 Å². The fraction of sp³-hybridized carbons (Fsp3) is 0.400. The van der Waals surface area contributed by atoms with E-state index >= 15 is 0 Å². The Labute approximate surface area is 103 Å². The van der Waals surface area contributed by atoms with Crippen molar-refractivity contribution >= 4 is 5.78 Å². The summed E-state index contributed by atoms with van der Waals surface area (Å²) in [6, 6.07) is 9.91. The topological polar surface area (TPSA) is 26.3 Å². The summed E-state index contributed by atoms with van der Waals surface area (Å²) >= 11 is 0. The summed E-state index contributed by atoms with van der Waals surface area (Å²) in [5.41, 5.74) is 1.10. The van der Waals surface area contributed by atoms with E-state index in [9.17, 15) is 4.79 Å². The fourth-order valence-electron chi connectivity index (χ4n) is 1.62. The van der Waals surface area contributed by atoms with Gasteiger partial charge in [-0.15, -0.1) is 6.58 Å². The molecule has 1 aromatic rings. The van der Waals surface area contributed by atoms with E-state index in [1.807, 2.05) is 36.4 Å². The number of carbonyl (C=O) groups is 1. The maximum Gasteiger partial charge on any atom is 0.158 e. The molecule has 2 nitrogen and oxygen atoms in total. The van der Waals surface area contributed by atoms with E-state index in [0.29, 0.717) is 6.61 Å². The smallest absolute Gasteiger partial charge is 0.158 e. The van der Waals surface area contributed by atoms with Crippen LogP contribution in [0.2, 0.25) is 0 Å². The molecule has 0 fully saturated rings. The van der Waals surface area contributed by atoms with Crippen molar-refractivity contribution in [1.29, 1.82) is 0 Å². The van der Waals surface area contributed by atoms with Crippen LogP contribution in [0.15, 0.2) is 43.0 Å². The monoisotopic (exact) mass is 232 g/mol. The van der Waals surface area contributed by atoms with Crippen LogP contribution in [0.4, 0.5) is 0 Å². The molecule has 0 spiro atoms. The summed E-state index contributed by atoms with van der Waals surface area (Å²) in [7, 11) is 0. The average molecular weight is 232 g/mol. The quantitative estimate of drug-likeness (QED) is 0.506. The highest BCUT2D eigenvalue weighted by atomic mass is 16.5. The predicted molar refractivity (Wildman–Crippen MR) is 69.7 cm³/mol. The lowest BCUT2D eigenvalue weighted by molar-refractivity contribution is -0.129. The SMILES string of the molecule is C=CCCCC(OCc1ccccc1)C(C)=O. The molecule has 0 amide bonds. The molecule has 0 heterocycles. The summed E-state index contributed by atoms with van der Waals surface area (Å²) in [4.78, 5) is 11.4. The number of ketones is 1. The third-order valence-electron chi connectivity index (χ3n) is 2.62. The van der Waals surface area contributed by atoms with Crippen LogP contribution in [0, 0.1) is 0 Å². The van der Waals surface area contributed by atoms with E-state index in [2.05, 4.69) is 6.58 Å². The van der Waals surface area contributed by atoms with Crippen molar-refractivity contribution in [2.45, 2.75) is 38.9 Å². The minimum Gasteiger partial charge on any atom is -0.366 e. The second-order valence-electron chi connectivity index (χ2n) is 4.12. The van der Waals surface area contributed by atoms with Crippen molar-refractivity contribution in [1.82, 2.24) is 0 Å². The first-order chi connectivity index (χ1) is 8.24. The molecule has 0 aliphatic heterocycles. The highest BCUT2D eigenvalue weighted by molar-refractivity contribution is 5.80. The highest BCUT2D eigenvalue weighted by Crippen LogP contribution is 2.10. The van der Waals surface area contributed by atoms with Gasteiger partial charge in [-0.25, -0.2) is 0 Å². The first-order valence-corrected chi connectivity index (χ1v) is 6.01. The lowest BCUT2D eigenvalue weighted by Gasteiger charge is -2.14. The van der Waals surface area contributed by atoms with Crippen LogP contribution in [-0.2, 0) is 16.1 Å². The summed E-state index contributed by atoms with van der Waals surface area (Å²) in [6.45, 7) is 5.76. The highest BCUT2D eigenvalue weighted by Gasteiger charge is 2.13. The van der Waals surface area contributed by atoms with Gasteiger partial charge < -0.3 is 4.74 Å². The molecule has 0 radical (unpaired) electrons. The first-order valence-electron chi connectivity index (χ1n) is 6.01. The fourth-order valence-corrected chi connectivity index (χ4v) is 1.62. The van der Waals surface area contributed by atoms with Crippen molar-refractivity contribution in [2.75, 3.05) is 0 Å². The molecule has 1 rings (SSSR count). The van der Waals surface area contributed by atoms with Gasteiger partial charge in [-0.2, -0.15) is 0 Å². The molecule has 0 bridgehead atoms. The maximum absolute atomic E-state index is 11.4. The van der Waals surface area contributed by atoms with E-state index in [1.54, 1.807) is 6.92 Å². The molecule has 0 aromatic heterocycles. The predicted octanol–water partition coefficient (Wildman–Crippen LogP) is 3.52. The average Bonchev–Trinajstić information content (AvgIpc) is 2.34. The van der Waals surface area contributed by atoms with Crippen molar-refractivity contribution in [3.05, 3.63) is 48.6 Å². The second kappa shape index (κ2) is 7.80. The van der Waals surface area contributed by atoms with Gasteiger partial charge in [0, 0.05) is 0 Å². The molecule has 1 unspecified atom stereocenters. The molecular weight excluding hydrogens is 212 g/mol. The summed E-state index contributed by atoms with van der Waals surface area (Å²) in [5.74, 6) is 0.102. The van der Waals surface area contributed by atoms with Gasteiger partial charge in [0.1, 0.15) is 6.10 Å². The largest absolute Gasteiger partial charge is 0.366 e. The molecule has 92 valence electrons. The van der Waals surface area contributed by atoms with Crippen LogP contribution in [0.3, 0.4) is 0 Å². The number of benzene rings is 1. The molecule has 0 aliphatic carbocycles. The number of rotatable bonds is 8. The van der Waals surface area contributed by atoms with Crippen LogP contribution >= 0.6 is 0 Å². The van der Waals surface area contributed by atoms with E-state index in [4.69, 9.17) is 4.74 Å². The maximum atomic E-state index is 11.4. The number of allylic oxidation sites excluding steroid dienone is 1. The standard InChI is InChI=1S/C15H20O2/c1-3-4-6-11-15(13(2)16)17-12-14-9-7-5-8-10-14/h3,5,7-10,15H,1,4,6,11-12H2,2H3. The van der Waals surface area contributed by atoms with Crippen LogP contribution in [0.1, 0.15) is 31.7 Å². The Morgan fingerprint density at radius 2 is 2.12 bits per heavy atom. The molecule has 1 atom stereocenters. The van der Waals surface area contributed by atoms with E-state index in [-0.39, 0.29) is 11.9 Å². The first kappa shape index (κ1) is 13.7. The zero-order valence-electron chi connectivity index (χ0n) is 10.4. The number of Topliss-reactive ketones (excluding diaryl/α,β-unsaturated/α-hetero) is 1. The summed E-state index contributed by atoms with van der Waals surface area (Å²) < 4.78 is 5.65. The molecule has 0 aliphatic rings. The Hall–Kier alpha value is -1.41. The number of hydrogen-bond acceptors (Lipinski definition) is 2. The number of hydrogen-bond donors (Lipinski definition) is 0. The van der Waals surface area contributed by atoms with E-state index in [1.165, 1.54) is 0 Å². The number of carbonyl (C=O) groups excluding carboxylic acids is 1. The van der Waals surface area contributed by atoms with Crippen molar-refractivity contribution < 1.29 is 9.53 Å². The van der Waals surface area contributed by atoms with Gasteiger partial charge in [-0.3, -0.25) is 4.79 Å². The van der Waals surface area contributed by atoms with Crippen molar-refractivity contribution in [2.24, 2.45) is 0 Å². The second-order valence-corrected chi connectivity index (χ2v) is 4.12. The van der Waals surface area contributed by atoms with Crippen LogP contribution in [0.25, 0.3) is 0 Å². The van der Waals surface area contributed by atoms with Crippen LogP contribution in [0.5, 0.6) is 0 Å². The van der Waals surface area contributed by atoms with E-state index < -0.39 is 0 Å². The van der Waals surface area contributed by atoms with Crippen molar-refractivity contribution in [3.63, 3.8) is 0 Å². The van der Waals surface area contributed by atoms with Gasteiger partial charge in [0.05, 0.1) is 6.61 Å². The number of ether oxygens (including phenoxy) is 1. The normalized spacial score (nSPS) is 12.1. The Morgan fingerprint density at radius 3 is 2.71 bits per heavy atom. The third-order valence-corrected chi connectivity index (χ3v) is 2.62. The number of unbranched alkanes of at least 4 members (excludes halogenated alkanes) is 1. The van der Waals surface area contributed by atoms with Gasteiger partial charge >= 0.3 is 0 Å². The molecule has 0 N–H and O–H groups in total. The Bertz CT molecular complexity index is 343.